The van der Waals surface area contributed by atoms with E-state index in [1.807, 2.05) is 41.1 Å². The summed E-state index contributed by atoms with van der Waals surface area (Å²) in [6.45, 7) is 4.72. The van der Waals surface area contributed by atoms with Gasteiger partial charge in [0.25, 0.3) is 5.91 Å². The molecule has 1 atom stereocenters. The number of carbonyl (C=O) groups excluding carboxylic acids is 1. The van der Waals surface area contributed by atoms with Gasteiger partial charge < -0.3 is 14.6 Å². The first-order chi connectivity index (χ1) is 10.6. The highest BCUT2D eigenvalue weighted by Gasteiger charge is 2.31. The van der Waals surface area contributed by atoms with Crippen LogP contribution in [0.3, 0.4) is 0 Å². The summed E-state index contributed by atoms with van der Waals surface area (Å²) in [6.07, 6.45) is 2.77. The molecule has 0 saturated carbocycles. The van der Waals surface area contributed by atoms with Gasteiger partial charge in [0.15, 0.2) is 0 Å². The summed E-state index contributed by atoms with van der Waals surface area (Å²) in [7, 11) is 0. The summed E-state index contributed by atoms with van der Waals surface area (Å²) in [5.41, 5.74) is 2.98. The van der Waals surface area contributed by atoms with Gasteiger partial charge in [-0.25, -0.2) is 0 Å². The van der Waals surface area contributed by atoms with Gasteiger partial charge in [0, 0.05) is 18.8 Å². The molecule has 1 N–H and O–H groups in total. The van der Waals surface area contributed by atoms with E-state index < -0.39 is 0 Å². The zero-order chi connectivity index (χ0) is 15.7. The quantitative estimate of drug-likeness (QED) is 0.947. The molecule has 2 aromatic rings. The van der Waals surface area contributed by atoms with Crippen LogP contribution in [0.4, 0.5) is 0 Å². The van der Waals surface area contributed by atoms with Gasteiger partial charge in [-0.05, 0) is 43.5 Å². The standard InChI is InChI=1S/C18H22N2O2/c1-13(2)19-10-5-8-16(19)18(22)20-11-9-14-6-3-4-7-15(14)17(20)12-21/h3-8,10,13,17,21H,9,11-12H2,1-2H3/t17-/m1/s1. The minimum absolute atomic E-state index is 0.00717. The molecule has 0 bridgehead atoms. The summed E-state index contributed by atoms with van der Waals surface area (Å²) in [4.78, 5) is 14.8. The van der Waals surface area contributed by atoms with Gasteiger partial charge in [-0.3, -0.25) is 4.79 Å². The van der Waals surface area contributed by atoms with Gasteiger partial charge in [-0.1, -0.05) is 24.3 Å². The second-order valence-electron chi connectivity index (χ2n) is 6.04. The molecular weight excluding hydrogens is 276 g/mol. The van der Waals surface area contributed by atoms with E-state index in [2.05, 4.69) is 19.9 Å². The number of amides is 1. The van der Waals surface area contributed by atoms with Gasteiger partial charge in [-0.2, -0.15) is 0 Å². The number of nitrogens with zero attached hydrogens (tertiary/aromatic N) is 2. The highest BCUT2D eigenvalue weighted by Crippen LogP contribution is 2.30. The summed E-state index contributed by atoms with van der Waals surface area (Å²) < 4.78 is 1.98. The number of benzene rings is 1. The summed E-state index contributed by atoms with van der Waals surface area (Å²) in [5, 5.41) is 9.83. The minimum Gasteiger partial charge on any atom is -0.394 e. The Kier molecular flexibility index (Phi) is 4.03. The van der Waals surface area contributed by atoms with E-state index in [1.54, 1.807) is 4.90 Å². The largest absolute Gasteiger partial charge is 0.394 e. The van der Waals surface area contributed by atoms with Crippen molar-refractivity contribution < 1.29 is 9.90 Å². The third-order valence-corrected chi connectivity index (χ3v) is 4.40. The Morgan fingerprint density at radius 1 is 1.27 bits per heavy atom. The average Bonchev–Trinajstić information content (AvgIpc) is 3.02. The molecular formula is C18H22N2O2. The van der Waals surface area contributed by atoms with E-state index in [9.17, 15) is 9.90 Å². The highest BCUT2D eigenvalue weighted by molar-refractivity contribution is 5.93. The van der Waals surface area contributed by atoms with Crippen LogP contribution in [0.1, 0.15) is 47.5 Å². The molecule has 0 saturated heterocycles. The molecule has 4 heteroatoms. The molecule has 1 aliphatic heterocycles. The number of carbonyl (C=O) groups is 1. The highest BCUT2D eigenvalue weighted by atomic mass is 16.3. The molecule has 0 unspecified atom stereocenters. The van der Waals surface area contributed by atoms with Gasteiger partial charge in [0.05, 0.1) is 12.6 Å². The Hall–Kier alpha value is -2.07. The van der Waals surface area contributed by atoms with E-state index in [1.165, 1.54) is 5.56 Å². The van der Waals surface area contributed by atoms with Crippen LogP contribution in [-0.2, 0) is 6.42 Å². The first-order valence-electron chi connectivity index (χ1n) is 7.80. The van der Waals surface area contributed by atoms with Crippen molar-refractivity contribution in [3.8, 4) is 0 Å². The molecule has 116 valence electrons. The van der Waals surface area contributed by atoms with Gasteiger partial charge in [0.1, 0.15) is 5.69 Å². The van der Waals surface area contributed by atoms with Crippen molar-refractivity contribution in [2.45, 2.75) is 32.4 Å². The van der Waals surface area contributed by atoms with Gasteiger partial charge >= 0.3 is 0 Å². The maximum Gasteiger partial charge on any atom is 0.271 e. The molecule has 1 aromatic heterocycles. The molecule has 0 radical (unpaired) electrons. The fraction of sp³-hybridized carbons (Fsp3) is 0.389. The van der Waals surface area contributed by atoms with Crippen molar-refractivity contribution >= 4 is 5.91 Å². The Labute approximate surface area is 131 Å². The van der Waals surface area contributed by atoms with E-state index in [-0.39, 0.29) is 24.6 Å². The molecule has 2 heterocycles. The third-order valence-electron chi connectivity index (χ3n) is 4.40. The fourth-order valence-corrected chi connectivity index (χ4v) is 3.26. The maximum absolute atomic E-state index is 13.0. The Morgan fingerprint density at radius 3 is 2.77 bits per heavy atom. The molecule has 3 rings (SSSR count). The monoisotopic (exact) mass is 298 g/mol. The van der Waals surface area contributed by atoms with Crippen LogP contribution in [0.5, 0.6) is 0 Å². The summed E-state index contributed by atoms with van der Waals surface area (Å²) in [6, 6.07) is 11.8. The third kappa shape index (κ3) is 2.44. The van der Waals surface area contributed by atoms with E-state index >= 15 is 0 Å². The first kappa shape index (κ1) is 14.9. The van der Waals surface area contributed by atoms with E-state index in [0.29, 0.717) is 12.2 Å². The molecule has 0 fully saturated rings. The zero-order valence-corrected chi connectivity index (χ0v) is 13.1. The van der Waals surface area contributed by atoms with Crippen molar-refractivity contribution in [3.05, 3.63) is 59.4 Å². The topological polar surface area (TPSA) is 45.5 Å². The predicted octanol–water partition coefficient (Wildman–Crippen LogP) is 2.80. The number of fused-ring (bicyclic) bond motifs is 1. The first-order valence-corrected chi connectivity index (χ1v) is 7.80. The molecule has 1 amide bonds. The fourth-order valence-electron chi connectivity index (χ4n) is 3.26. The molecule has 1 aromatic carbocycles. The number of aliphatic hydroxyl groups excluding tert-OH is 1. The Morgan fingerprint density at radius 2 is 2.05 bits per heavy atom. The Bertz CT molecular complexity index is 675. The maximum atomic E-state index is 13.0. The van der Waals surface area contributed by atoms with Crippen LogP contribution in [0.2, 0.25) is 0 Å². The van der Waals surface area contributed by atoms with Crippen LogP contribution in [-0.4, -0.2) is 33.6 Å². The summed E-state index contributed by atoms with van der Waals surface area (Å²) in [5.74, 6) is -0.00717. The second kappa shape index (κ2) is 5.97. The minimum atomic E-state index is -0.257. The van der Waals surface area contributed by atoms with Crippen molar-refractivity contribution in [2.75, 3.05) is 13.2 Å². The van der Waals surface area contributed by atoms with Crippen molar-refractivity contribution in [3.63, 3.8) is 0 Å². The number of aromatic nitrogens is 1. The van der Waals surface area contributed by atoms with Crippen molar-refractivity contribution in [1.29, 1.82) is 0 Å². The molecule has 22 heavy (non-hydrogen) atoms. The summed E-state index contributed by atoms with van der Waals surface area (Å²) >= 11 is 0. The van der Waals surface area contributed by atoms with Crippen molar-refractivity contribution in [1.82, 2.24) is 9.47 Å². The lowest BCUT2D eigenvalue weighted by molar-refractivity contribution is 0.0556. The number of hydrogen-bond acceptors (Lipinski definition) is 2. The van der Waals surface area contributed by atoms with Crippen LogP contribution in [0, 0.1) is 0 Å². The lowest BCUT2D eigenvalue weighted by Crippen LogP contribution is -2.42. The Balaban J connectivity index is 1.95. The molecule has 4 nitrogen and oxygen atoms in total. The van der Waals surface area contributed by atoms with Crippen LogP contribution in [0.15, 0.2) is 42.6 Å². The smallest absolute Gasteiger partial charge is 0.271 e. The van der Waals surface area contributed by atoms with Crippen LogP contribution < -0.4 is 0 Å². The average molecular weight is 298 g/mol. The van der Waals surface area contributed by atoms with E-state index in [4.69, 9.17) is 0 Å². The van der Waals surface area contributed by atoms with Gasteiger partial charge in [0.2, 0.25) is 0 Å². The lowest BCUT2D eigenvalue weighted by Gasteiger charge is -2.36. The zero-order valence-electron chi connectivity index (χ0n) is 13.1. The number of hydrogen-bond donors (Lipinski definition) is 1. The second-order valence-corrected chi connectivity index (χ2v) is 6.04. The molecule has 0 aliphatic carbocycles. The predicted molar refractivity (Wildman–Crippen MR) is 85.8 cm³/mol. The van der Waals surface area contributed by atoms with Gasteiger partial charge in [-0.15, -0.1) is 0 Å². The van der Waals surface area contributed by atoms with Crippen LogP contribution in [0.25, 0.3) is 0 Å². The normalized spacial score (nSPS) is 17.6. The number of rotatable bonds is 3. The van der Waals surface area contributed by atoms with Crippen molar-refractivity contribution in [2.24, 2.45) is 0 Å². The SMILES string of the molecule is CC(C)n1cccc1C(=O)N1CCc2ccccc2[C@H]1CO. The van der Waals surface area contributed by atoms with Crippen LogP contribution >= 0.6 is 0 Å². The lowest BCUT2D eigenvalue weighted by atomic mass is 9.92. The number of aliphatic hydroxyl groups is 1. The van der Waals surface area contributed by atoms with E-state index in [0.717, 1.165) is 12.0 Å². The molecule has 1 aliphatic rings. The molecule has 0 spiro atoms.